The number of aromatic nitrogens is 5. The maximum atomic E-state index is 12.2. The molecule has 0 aromatic carbocycles. The molecule has 9 nitrogen and oxygen atoms in total. The van der Waals surface area contributed by atoms with Gasteiger partial charge in [0.15, 0.2) is 0 Å². The van der Waals surface area contributed by atoms with Crippen LogP contribution in [0.2, 0.25) is 0 Å². The summed E-state index contributed by atoms with van der Waals surface area (Å²) in [4.78, 5) is 25.8. The Morgan fingerprint density at radius 1 is 1.43 bits per heavy atom. The minimum absolute atomic E-state index is 0.00310. The molecule has 1 atom stereocenters. The van der Waals surface area contributed by atoms with E-state index in [4.69, 9.17) is 0 Å². The van der Waals surface area contributed by atoms with Crippen molar-refractivity contribution in [1.29, 1.82) is 0 Å². The van der Waals surface area contributed by atoms with Gasteiger partial charge in [-0.05, 0) is 19.9 Å². The van der Waals surface area contributed by atoms with Gasteiger partial charge in [0.05, 0.1) is 24.5 Å². The highest BCUT2D eigenvalue weighted by Gasteiger charge is 2.31. The molecule has 1 N–H and O–H groups in total. The number of carbonyl (C=O) groups excluding carboxylic acids is 2. The molecular weight excluding hydrogens is 298 g/mol. The quantitative estimate of drug-likeness (QED) is 0.844. The van der Waals surface area contributed by atoms with Crippen molar-refractivity contribution < 1.29 is 9.59 Å². The molecule has 2 aromatic rings. The van der Waals surface area contributed by atoms with Gasteiger partial charge in [-0.1, -0.05) is 5.21 Å². The Morgan fingerprint density at radius 3 is 2.83 bits per heavy atom. The zero-order valence-electron chi connectivity index (χ0n) is 13.6. The van der Waals surface area contributed by atoms with Crippen LogP contribution in [0.15, 0.2) is 6.07 Å². The standard InChI is InChI=1S/C14H19N7O2/c1-8-5-11(20(4)17-8)13(22)15-6-10-12-7-19(3)14(23)9(2)21(12)18-16-10/h5,9H,6-7H2,1-4H3,(H,15,22). The van der Waals surface area contributed by atoms with Gasteiger partial charge in [-0.3, -0.25) is 14.3 Å². The van der Waals surface area contributed by atoms with Crippen LogP contribution < -0.4 is 5.32 Å². The van der Waals surface area contributed by atoms with Gasteiger partial charge in [0.1, 0.15) is 17.4 Å². The summed E-state index contributed by atoms with van der Waals surface area (Å²) in [5.41, 5.74) is 2.79. The van der Waals surface area contributed by atoms with Crippen molar-refractivity contribution in [3.63, 3.8) is 0 Å². The molecule has 0 aliphatic carbocycles. The maximum Gasteiger partial charge on any atom is 0.269 e. The number of fused-ring (bicyclic) bond motifs is 1. The van der Waals surface area contributed by atoms with Crippen LogP contribution in [-0.4, -0.2) is 48.5 Å². The minimum atomic E-state index is -0.375. The molecule has 3 rings (SSSR count). The molecule has 2 aromatic heterocycles. The number of amides is 2. The zero-order chi connectivity index (χ0) is 16.7. The first kappa shape index (κ1) is 15.2. The third kappa shape index (κ3) is 2.58. The summed E-state index contributed by atoms with van der Waals surface area (Å²) in [6.45, 7) is 4.32. The van der Waals surface area contributed by atoms with E-state index in [1.165, 1.54) is 0 Å². The van der Waals surface area contributed by atoms with E-state index < -0.39 is 0 Å². The summed E-state index contributed by atoms with van der Waals surface area (Å²) in [6.07, 6.45) is 0. The van der Waals surface area contributed by atoms with Crippen LogP contribution in [0.25, 0.3) is 0 Å². The smallest absolute Gasteiger partial charge is 0.269 e. The Labute approximate surface area is 133 Å². The molecule has 1 unspecified atom stereocenters. The highest BCUT2D eigenvalue weighted by atomic mass is 16.2. The Morgan fingerprint density at radius 2 is 2.17 bits per heavy atom. The molecule has 9 heteroatoms. The maximum absolute atomic E-state index is 12.2. The summed E-state index contributed by atoms with van der Waals surface area (Å²) in [5.74, 6) is -0.216. The average molecular weight is 317 g/mol. The van der Waals surface area contributed by atoms with E-state index >= 15 is 0 Å². The van der Waals surface area contributed by atoms with E-state index in [1.54, 1.807) is 41.3 Å². The van der Waals surface area contributed by atoms with Crippen molar-refractivity contribution >= 4 is 11.8 Å². The molecule has 1 aliphatic rings. The number of rotatable bonds is 3. The lowest BCUT2D eigenvalue weighted by molar-refractivity contribution is -0.135. The molecule has 2 amide bonds. The summed E-state index contributed by atoms with van der Waals surface area (Å²) < 4.78 is 3.16. The van der Waals surface area contributed by atoms with Gasteiger partial charge in [-0.15, -0.1) is 5.10 Å². The van der Waals surface area contributed by atoms with Crippen LogP contribution in [0, 0.1) is 6.92 Å². The predicted molar refractivity (Wildman–Crippen MR) is 80.3 cm³/mol. The molecule has 1 aliphatic heterocycles. The second-order valence-corrected chi connectivity index (χ2v) is 5.77. The third-order valence-corrected chi connectivity index (χ3v) is 4.01. The van der Waals surface area contributed by atoms with Gasteiger partial charge in [0.25, 0.3) is 5.91 Å². The van der Waals surface area contributed by atoms with Gasteiger partial charge >= 0.3 is 0 Å². The normalized spacial score (nSPS) is 17.3. The molecule has 0 saturated carbocycles. The summed E-state index contributed by atoms with van der Waals surface area (Å²) in [7, 11) is 3.47. The van der Waals surface area contributed by atoms with Gasteiger partial charge in [-0.2, -0.15) is 5.10 Å². The predicted octanol–water partition coefficient (Wildman–Crippen LogP) is -0.217. The second-order valence-electron chi connectivity index (χ2n) is 5.77. The largest absolute Gasteiger partial charge is 0.345 e. The van der Waals surface area contributed by atoms with Gasteiger partial charge in [0, 0.05) is 14.1 Å². The first-order chi connectivity index (χ1) is 10.9. The highest BCUT2D eigenvalue weighted by molar-refractivity contribution is 5.92. The van der Waals surface area contributed by atoms with Crippen LogP contribution in [0.4, 0.5) is 0 Å². The Hall–Kier alpha value is -2.71. The van der Waals surface area contributed by atoms with E-state index in [9.17, 15) is 9.59 Å². The molecule has 0 fully saturated rings. The SMILES string of the molecule is Cc1cc(C(=O)NCc2nnn3c2CN(C)C(=O)C3C)n(C)n1. The third-order valence-electron chi connectivity index (χ3n) is 4.01. The summed E-state index contributed by atoms with van der Waals surface area (Å²) in [6, 6.07) is 1.35. The number of aryl methyl sites for hydroxylation is 2. The van der Waals surface area contributed by atoms with Crippen molar-refractivity contribution in [3.05, 3.63) is 28.8 Å². The first-order valence-electron chi connectivity index (χ1n) is 7.35. The zero-order valence-corrected chi connectivity index (χ0v) is 13.6. The Balaban J connectivity index is 1.75. The Bertz CT molecular complexity index is 776. The Kier molecular flexibility index (Phi) is 3.63. The van der Waals surface area contributed by atoms with Crippen molar-refractivity contribution in [2.24, 2.45) is 7.05 Å². The van der Waals surface area contributed by atoms with E-state index in [2.05, 4.69) is 20.7 Å². The van der Waals surface area contributed by atoms with E-state index in [0.29, 0.717) is 17.9 Å². The fraction of sp³-hybridized carbons (Fsp3) is 0.500. The number of carbonyl (C=O) groups is 2. The fourth-order valence-corrected chi connectivity index (χ4v) is 2.76. The van der Waals surface area contributed by atoms with Gasteiger partial charge in [-0.25, -0.2) is 4.68 Å². The second kappa shape index (κ2) is 5.49. The molecule has 122 valence electrons. The van der Waals surface area contributed by atoms with Crippen LogP contribution in [-0.2, 0) is 24.9 Å². The van der Waals surface area contributed by atoms with Crippen molar-refractivity contribution in [2.75, 3.05) is 7.05 Å². The topological polar surface area (TPSA) is 97.9 Å². The molecule has 0 saturated heterocycles. The van der Waals surface area contributed by atoms with E-state index in [0.717, 1.165) is 11.4 Å². The summed E-state index contributed by atoms with van der Waals surface area (Å²) >= 11 is 0. The van der Waals surface area contributed by atoms with Crippen LogP contribution in [0.5, 0.6) is 0 Å². The number of hydrogen-bond acceptors (Lipinski definition) is 5. The lowest BCUT2D eigenvalue weighted by atomic mass is 10.2. The molecule has 0 radical (unpaired) electrons. The van der Waals surface area contributed by atoms with E-state index in [-0.39, 0.29) is 24.4 Å². The number of likely N-dealkylation sites (N-methyl/N-ethyl adjacent to an activating group) is 1. The molecule has 3 heterocycles. The molecule has 0 bridgehead atoms. The molecular formula is C14H19N7O2. The van der Waals surface area contributed by atoms with Crippen LogP contribution in [0.1, 0.15) is 40.5 Å². The minimum Gasteiger partial charge on any atom is -0.345 e. The fourth-order valence-electron chi connectivity index (χ4n) is 2.76. The van der Waals surface area contributed by atoms with Crippen molar-refractivity contribution in [2.45, 2.75) is 33.0 Å². The van der Waals surface area contributed by atoms with Gasteiger partial charge < -0.3 is 10.2 Å². The number of nitrogens with zero attached hydrogens (tertiary/aromatic N) is 6. The van der Waals surface area contributed by atoms with Crippen molar-refractivity contribution in [3.8, 4) is 0 Å². The monoisotopic (exact) mass is 317 g/mol. The van der Waals surface area contributed by atoms with E-state index in [1.807, 2.05) is 6.92 Å². The lowest BCUT2D eigenvalue weighted by Gasteiger charge is -2.28. The number of nitrogens with one attached hydrogen (secondary N) is 1. The van der Waals surface area contributed by atoms with Gasteiger partial charge in [0.2, 0.25) is 5.91 Å². The van der Waals surface area contributed by atoms with Crippen LogP contribution >= 0.6 is 0 Å². The van der Waals surface area contributed by atoms with Crippen LogP contribution in [0.3, 0.4) is 0 Å². The summed E-state index contributed by atoms with van der Waals surface area (Å²) in [5, 5.41) is 15.1. The molecule has 23 heavy (non-hydrogen) atoms. The van der Waals surface area contributed by atoms with Crippen molar-refractivity contribution in [1.82, 2.24) is 35.0 Å². The first-order valence-corrected chi connectivity index (χ1v) is 7.35. The average Bonchev–Trinajstić information content (AvgIpc) is 3.05. The lowest BCUT2D eigenvalue weighted by Crippen LogP contribution is -2.39. The molecule has 0 spiro atoms. The number of hydrogen-bond donors (Lipinski definition) is 1. The highest BCUT2D eigenvalue weighted by Crippen LogP contribution is 2.21.